The standard InChI is InChI=1S/C21H19ClN2O2/c1-15-5-2-3-6-18(15)21(26)19-7-4-12-24(19)14-20(25)23-13-16-8-10-17(22)11-9-16/h2-12H,13-14H2,1H3,(H,23,25). The first-order valence-electron chi connectivity index (χ1n) is 8.31. The van der Waals surface area contributed by atoms with Crippen LogP contribution in [0.3, 0.4) is 0 Å². The first kappa shape index (κ1) is 18.0. The summed E-state index contributed by atoms with van der Waals surface area (Å²) >= 11 is 5.86. The number of rotatable bonds is 6. The zero-order valence-electron chi connectivity index (χ0n) is 14.4. The average molecular weight is 367 g/mol. The van der Waals surface area contributed by atoms with Crippen LogP contribution in [0.1, 0.15) is 27.2 Å². The van der Waals surface area contributed by atoms with E-state index in [-0.39, 0.29) is 18.2 Å². The molecule has 0 spiro atoms. The van der Waals surface area contributed by atoms with Crippen molar-refractivity contribution in [2.24, 2.45) is 0 Å². The summed E-state index contributed by atoms with van der Waals surface area (Å²) in [7, 11) is 0. The molecule has 0 saturated heterocycles. The highest BCUT2D eigenvalue weighted by Gasteiger charge is 2.16. The number of nitrogens with zero attached hydrogens (tertiary/aromatic N) is 1. The molecular weight excluding hydrogens is 348 g/mol. The number of carbonyl (C=O) groups is 2. The van der Waals surface area contributed by atoms with E-state index in [0.29, 0.717) is 22.8 Å². The molecule has 0 aliphatic heterocycles. The number of hydrogen-bond acceptors (Lipinski definition) is 2. The highest BCUT2D eigenvalue weighted by molar-refractivity contribution is 6.30. The summed E-state index contributed by atoms with van der Waals surface area (Å²) in [5.41, 5.74) is 3.03. The second kappa shape index (κ2) is 8.02. The van der Waals surface area contributed by atoms with Gasteiger partial charge in [-0.2, -0.15) is 0 Å². The minimum Gasteiger partial charge on any atom is -0.350 e. The van der Waals surface area contributed by atoms with Gasteiger partial charge in [-0.15, -0.1) is 0 Å². The number of aryl methyl sites for hydroxylation is 1. The maximum absolute atomic E-state index is 12.8. The molecule has 0 bridgehead atoms. The van der Waals surface area contributed by atoms with Gasteiger partial charge in [-0.3, -0.25) is 9.59 Å². The second-order valence-corrected chi connectivity index (χ2v) is 6.51. The Morgan fingerprint density at radius 1 is 1.00 bits per heavy atom. The van der Waals surface area contributed by atoms with Crippen molar-refractivity contribution in [3.05, 3.63) is 94.3 Å². The lowest BCUT2D eigenvalue weighted by Crippen LogP contribution is -2.28. The largest absolute Gasteiger partial charge is 0.350 e. The molecule has 0 radical (unpaired) electrons. The summed E-state index contributed by atoms with van der Waals surface area (Å²) in [6.07, 6.45) is 1.74. The molecule has 1 heterocycles. The molecule has 1 aromatic heterocycles. The topological polar surface area (TPSA) is 51.1 Å². The molecule has 0 aliphatic rings. The Balaban J connectivity index is 1.67. The molecule has 5 heteroatoms. The van der Waals surface area contributed by atoms with E-state index >= 15 is 0 Å². The zero-order chi connectivity index (χ0) is 18.5. The molecule has 0 saturated carbocycles. The van der Waals surface area contributed by atoms with Crippen LogP contribution in [0.4, 0.5) is 0 Å². The number of nitrogens with one attached hydrogen (secondary N) is 1. The van der Waals surface area contributed by atoms with E-state index in [1.165, 1.54) is 0 Å². The van der Waals surface area contributed by atoms with Crippen molar-refractivity contribution >= 4 is 23.3 Å². The van der Waals surface area contributed by atoms with Crippen LogP contribution in [-0.2, 0) is 17.9 Å². The molecule has 3 aromatic rings. The van der Waals surface area contributed by atoms with Crippen LogP contribution < -0.4 is 5.32 Å². The third-order valence-corrected chi connectivity index (χ3v) is 4.42. The maximum Gasteiger partial charge on any atom is 0.240 e. The summed E-state index contributed by atoms with van der Waals surface area (Å²) in [6, 6.07) is 18.3. The van der Waals surface area contributed by atoms with Gasteiger partial charge in [-0.05, 0) is 42.3 Å². The summed E-state index contributed by atoms with van der Waals surface area (Å²) in [4.78, 5) is 25.0. The van der Waals surface area contributed by atoms with E-state index in [0.717, 1.165) is 11.1 Å². The van der Waals surface area contributed by atoms with Gasteiger partial charge in [0.25, 0.3) is 0 Å². The van der Waals surface area contributed by atoms with Gasteiger partial charge in [0, 0.05) is 23.3 Å². The number of ketones is 1. The van der Waals surface area contributed by atoms with E-state index in [2.05, 4.69) is 5.32 Å². The van der Waals surface area contributed by atoms with E-state index in [1.54, 1.807) is 41.1 Å². The Hall–Kier alpha value is -2.85. The molecule has 3 rings (SSSR count). The molecule has 4 nitrogen and oxygen atoms in total. The van der Waals surface area contributed by atoms with Crippen molar-refractivity contribution in [1.82, 2.24) is 9.88 Å². The summed E-state index contributed by atoms with van der Waals surface area (Å²) in [5, 5.41) is 3.52. The Kier molecular flexibility index (Phi) is 5.54. The minimum atomic E-state index is -0.157. The maximum atomic E-state index is 12.8. The minimum absolute atomic E-state index is 0.0846. The number of halogens is 1. The van der Waals surface area contributed by atoms with Gasteiger partial charge in [0.2, 0.25) is 11.7 Å². The van der Waals surface area contributed by atoms with Crippen molar-refractivity contribution in [1.29, 1.82) is 0 Å². The SMILES string of the molecule is Cc1ccccc1C(=O)c1cccn1CC(=O)NCc1ccc(Cl)cc1. The first-order valence-corrected chi connectivity index (χ1v) is 8.69. The van der Waals surface area contributed by atoms with E-state index in [1.807, 2.05) is 37.3 Å². The predicted molar refractivity (Wildman–Crippen MR) is 102 cm³/mol. The van der Waals surface area contributed by atoms with Crippen molar-refractivity contribution in [2.45, 2.75) is 20.0 Å². The number of aromatic nitrogens is 1. The lowest BCUT2D eigenvalue weighted by atomic mass is 10.0. The Morgan fingerprint density at radius 2 is 1.73 bits per heavy atom. The van der Waals surface area contributed by atoms with Gasteiger partial charge in [0.05, 0.1) is 5.69 Å². The van der Waals surface area contributed by atoms with Gasteiger partial charge in [0.1, 0.15) is 6.54 Å². The number of carbonyl (C=O) groups excluding carboxylic acids is 2. The normalized spacial score (nSPS) is 10.5. The second-order valence-electron chi connectivity index (χ2n) is 6.07. The first-order chi connectivity index (χ1) is 12.5. The van der Waals surface area contributed by atoms with Gasteiger partial charge < -0.3 is 9.88 Å². The summed E-state index contributed by atoms with van der Waals surface area (Å²) in [5.74, 6) is -0.242. The quantitative estimate of drug-likeness (QED) is 0.670. The predicted octanol–water partition coefficient (Wildman–Crippen LogP) is 4.00. The lowest BCUT2D eigenvalue weighted by Gasteiger charge is -2.11. The highest BCUT2D eigenvalue weighted by atomic mass is 35.5. The zero-order valence-corrected chi connectivity index (χ0v) is 15.2. The molecule has 1 amide bonds. The fourth-order valence-corrected chi connectivity index (χ4v) is 2.86. The van der Waals surface area contributed by atoms with Crippen LogP contribution >= 0.6 is 11.6 Å². The molecule has 0 unspecified atom stereocenters. The van der Waals surface area contributed by atoms with Crippen LogP contribution in [0.2, 0.25) is 5.02 Å². The van der Waals surface area contributed by atoms with Crippen LogP contribution in [0.25, 0.3) is 0 Å². The van der Waals surface area contributed by atoms with Crippen molar-refractivity contribution in [3.8, 4) is 0 Å². The van der Waals surface area contributed by atoms with Gasteiger partial charge in [-0.25, -0.2) is 0 Å². The molecule has 0 fully saturated rings. The average Bonchev–Trinajstić information content (AvgIpc) is 3.09. The number of hydrogen-bond donors (Lipinski definition) is 1. The third kappa shape index (κ3) is 4.21. The van der Waals surface area contributed by atoms with Gasteiger partial charge >= 0.3 is 0 Å². The van der Waals surface area contributed by atoms with Crippen LogP contribution in [0.15, 0.2) is 66.9 Å². The van der Waals surface area contributed by atoms with Gasteiger partial charge in [-0.1, -0.05) is 48.0 Å². The van der Waals surface area contributed by atoms with E-state index < -0.39 is 0 Å². The van der Waals surface area contributed by atoms with Crippen LogP contribution in [0.5, 0.6) is 0 Å². The monoisotopic (exact) mass is 366 g/mol. The molecule has 132 valence electrons. The molecule has 2 aromatic carbocycles. The molecule has 0 aliphatic carbocycles. The smallest absolute Gasteiger partial charge is 0.240 e. The highest BCUT2D eigenvalue weighted by Crippen LogP contribution is 2.15. The fraction of sp³-hybridized carbons (Fsp3) is 0.143. The van der Waals surface area contributed by atoms with E-state index in [4.69, 9.17) is 11.6 Å². The van der Waals surface area contributed by atoms with Crippen LogP contribution in [0, 0.1) is 6.92 Å². The molecule has 0 atom stereocenters. The summed E-state index contributed by atoms with van der Waals surface area (Å²) in [6.45, 7) is 2.41. The Morgan fingerprint density at radius 3 is 2.46 bits per heavy atom. The Bertz CT molecular complexity index is 929. The Labute approximate surface area is 157 Å². The van der Waals surface area contributed by atoms with Crippen LogP contribution in [-0.4, -0.2) is 16.3 Å². The van der Waals surface area contributed by atoms with Crippen molar-refractivity contribution in [3.63, 3.8) is 0 Å². The summed E-state index contributed by atoms with van der Waals surface area (Å²) < 4.78 is 1.67. The number of amides is 1. The molecule has 26 heavy (non-hydrogen) atoms. The lowest BCUT2D eigenvalue weighted by molar-refractivity contribution is -0.121. The fourth-order valence-electron chi connectivity index (χ4n) is 2.74. The van der Waals surface area contributed by atoms with Gasteiger partial charge in [0.15, 0.2) is 0 Å². The third-order valence-electron chi connectivity index (χ3n) is 4.17. The molecular formula is C21H19ClN2O2. The van der Waals surface area contributed by atoms with Crippen molar-refractivity contribution < 1.29 is 9.59 Å². The van der Waals surface area contributed by atoms with Crippen molar-refractivity contribution in [2.75, 3.05) is 0 Å². The van der Waals surface area contributed by atoms with E-state index in [9.17, 15) is 9.59 Å². The molecule has 1 N–H and O–H groups in total. The number of benzene rings is 2.